The number of carbonyl (C=O) groups is 1. The van der Waals surface area contributed by atoms with Gasteiger partial charge in [0.1, 0.15) is 5.75 Å². The summed E-state index contributed by atoms with van der Waals surface area (Å²) in [6, 6.07) is 7.69. The molecule has 0 saturated carbocycles. The molecule has 0 aliphatic carbocycles. The van der Waals surface area contributed by atoms with Crippen LogP contribution in [0.3, 0.4) is 0 Å². The van der Waals surface area contributed by atoms with Crippen molar-refractivity contribution < 1.29 is 9.53 Å². The van der Waals surface area contributed by atoms with Crippen molar-refractivity contribution in [2.24, 2.45) is 0 Å². The van der Waals surface area contributed by atoms with Gasteiger partial charge in [-0.15, -0.1) is 0 Å². The maximum absolute atomic E-state index is 11.9. The Labute approximate surface area is 127 Å². The third-order valence-electron chi connectivity index (χ3n) is 3.85. The second-order valence-corrected chi connectivity index (χ2v) is 5.47. The Morgan fingerprint density at radius 1 is 1.19 bits per heavy atom. The van der Waals surface area contributed by atoms with Gasteiger partial charge in [0.15, 0.2) is 5.78 Å². The SMILES string of the molecule is COc1ccc(C=CC(=O)CCN2CCN(C)CC2)cc1. The van der Waals surface area contributed by atoms with Crippen molar-refractivity contribution in [3.8, 4) is 5.75 Å². The monoisotopic (exact) mass is 288 g/mol. The van der Waals surface area contributed by atoms with Gasteiger partial charge in [-0.2, -0.15) is 0 Å². The molecule has 0 unspecified atom stereocenters. The zero-order chi connectivity index (χ0) is 15.1. The molecule has 114 valence electrons. The molecule has 0 spiro atoms. The van der Waals surface area contributed by atoms with Crippen molar-refractivity contribution in [3.05, 3.63) is 35.9 Å². The maximum atomic E-state index is 11.9. The van der Waals surface area contributed by atoms with E-state index >= 15 is 0 Å². The quantitative estimate of drug-likeness (QED) is 0.749. The number of rotatable bonds is 6. The van der Waals surface area contributed by atoms with Gasteiger partial charge in [0.25, 0.3) is 0 Å². The molecule has 21 heavy (non-hydrogen) atoms. The molecule has 1 saturated heterocycles. The highest BCUT2D eigenvalue weighted by Gasteiger charge is 2.13. The molecule has 0 amide bonds. The van der Waals surface area contributed by atoms with Crippen LogP contribution in [0.1, 0.15) is 12.0 Å². The normalized spacial score (nSPS) is 17.2. The number of piperazine rings is 1. The van der Waals surface area contributed by atoms with Gasteiger partial charge in [0, 0.05) is 39.1 Å². The molecule has 1 aliphatic heterocycles. The van der Waals surface area contributed by atoms with E-state index in [2.05, 4.69) is 16.8 Å². The largest absolute Gasteiger partial charge is 0.497 e. The average Bonchev–Trinajstić information content (AvgIpc) is 2.53. The van der Waals surface area contributed by atoms with Gasteiger partial charge in [-0.25, -0.2) is 0 Å². The van der Waals surface area contributed by atoms with Gasteiger partial charge in [0.2, 0.25) is 0 Å². The summed E-state index contributed by atoms with van der Waals surface area (Å²) in [4.78, 5) is 16.6. The van der Waals surface area contributed by atoms with E-state index in [1.165, 1.54) is 0 Å². The predicted molar refractivity (Wildman–Crippen MR) is 85.6 cm³/mol. The van der Waals surface area contributed by atoms with E-state index in [1.54, 1.807) is 13.2 Å². The fourth-order valence-corrected chi connectivity index (χ4v) is 2.33. The number of hydrogen-bond acceptors (Lipinski definition) is 4. The van der Waals surface area contributed by atoms with Crippen LogP contribution in [-0.2, 0) is 4.79 Å². The van der Waals surface area contributed by atoms with Crippen molar-refractivity contribution in [3.63, 3.8) is 0 Å². The fourth-order valence-electron chi connectivity index (χ4n) is 2.33. The van der Waals surface area contributed by atoms with Gasteiger partial charge < -0.3 is 14.5 Å². The van der Waals surface area contributed by atoms with Crippen LogP contribution >= 0.6 is 0 Å². The second-order valence-electron chi connectivity index (χ2n) is 5.47. The predicted octanol–water partition coefficient (Wildman–Crippen LogP) is 1.91. The molecule has 1 aromatic carbocycles. The summed E-state index contributed by atoms with van der Waals surface area (Å²) in [6.07, 6.45) is 4.14. The number of likely N-dealkylation sites (N-methyl/N-ethyl adjacent to an activating group) is 1. The number of ether oxygens (including phenoxy) is 1. The third-order valence-corrected chi connectivity index (χ3v) is 3.85. The fraction of sp³-hybridized carbons (Fsp3) is 0.471. The number of methoxy groups -OCH3 is 1. The van der Waals surface area contributed by atoms with Crippen LogP contribution in [0, 0.1) is 0 Å². The molecule has 0 radical (unpaired) electrons. The minimum atomic E-state index is 0.185. The Morgan fingerprint density at radius 2 is 1.86 bits per heavy atom. The van der Waals surface area contributed by atoms with Crippen molar-refractivity contribution in [2.45, 2.75) is 6.42 Å². The number of carbonyl (C=O) groups excluding carboxylic acids is 1. The summed E-state index contributed by atoms with van der Waals surface area (Å²) in [5, 5.41) is 0. The summed E-state index contributed by atoms with van der Waals surface area (Å²) in [6.45, 7) is 5.17. The number of allylic oxidation sites excluding steroid dienone is 1. The maximum Gasteiger partial charge on any atom is 0.156 e. The number of hydrogen-bond donors (Lipinski definition) is 0. The standard InChI is InChI=1S/C17H24N2O2/c1-18-11-13-19(14-12-18)10-9-16(20)6-3-15-4-7-17(21-2)8-5-15/h3-8H,9-14H2,1-2H3. The molecule has 0 aromatic heterocycles. The van der Waals surface area contributed by atoms with E-state index < -0.39 is 0 Å². The molecule has 0 N–H and O–H groups in total. The highest BCUT2D eigenvalue weighted by molar-refractivity contribution is 5.93. The first-order valence-corrected chi connectivity index (χ1v) is 7.43. The Bertz CT molecular complexity index is 474. The Hall–Kier alpha value is -1.65. The van der Waals surface area contributed by atoms with Gasteiger partial charge in [-0.3, -0.25) is 4.79 Å². The third kappa shape index (κ3) is 5.33. The minimum absolute atomic E-state index is 0.185. The summed E-state index contributed by atoms with van der Waals surface area (Å²) < 4.78 is 5.11. The Morgan fingerprint density at radius 3 is 2.48 bits per heavy atom. The van der Waals surface area contributed by atoms with Gasteiger partial charge in [-0.1, -0.05) is 18.2 Å². The average molecular weight is 288 g/mol. The number of benzene rings is 1. The molecule has 0 atom stereocenters. The lowest BCUT2D eigenvalue weighted by Crippen LogP contribution is -2.44. The number of nitrogens with zero attached hydrogens (tertiary/aromatic N) is 2. The van der Waals surface area contributed by atoms with Crippen LogP contribution in [0.4, 0.5) is 0 Å². The molecule has 2 rings (SSSR count). The Balaban J connectivity index is 1.74. The molecule has 1 fully saturated rings. The summed E-state index contributed by atoms with van der Waals surface area (Å²) in [5.41, 5.74) is 1.02. The highest BCUT2D eigenvalue weighted by atomic mass is 16.5. The van der Waals surface area contributed by atoms with Gasteiger partial charge in [-0.05, 0) is 30.8 Å². The molecular formula is C17H24N2O2. The molecule has 4 heteroatoms. The lowest BCUT2D eigenvalue weighted by Gasteiger charge is -2.32. The second kappa shape index (κ2) is 7.96. The first-order chi connectivity index (χ1) is 10.2. The topological polar surface area (TPSA) is 32.8 Å². The highest BCUT2D eigenvalue weighted by Crippen LogP contribution is 2.12. The summed E-state index contributed by atoms with van der Waals surface area (Å²) in [5.74, 6) is 1.01. The van der Waals surface area contributed by atoms with Gasteiger partial charge >= 0.3 is 0 Å². The minimum Gasteiger partial charge on any atom is -0.497 e. The van der Waals surface area contributed by atoms with E-state index in [0.29, 0.717) is 6.42 Å². The lowest BCUT2D eigenvalue weighted by molar-refractivity contribution is -0.114. The molecule has 1 aliphatic rings. The van der Waals surface area contributed by atoms with E-state index in [0.717, 1.165) is 44.0 Å². The lowest BCUT2D eigenvalue weighted by atomic mass is 10.1. The smallest absolute Gasteiger partial charge is 0.156 e. The molecule has 1 heterocycles. The van der Waals surface area contributed by atoms with Crippen molar-refractivity contribution in [1.29, 1.82) is 0 Å². The van der Waals surface area contributed by atoms with Crippen LogP contribution in [-0.4, -0.2) is 62.5 Å². The van der Waals surface area contributed by atoms with Crippen LogP contribution in [0.25, 0.3) is 6.08 Å². The van der Waals surface area contributed by atoms with E-state index in [1.807, 2.05) is 30.3 Å². The van der Waals surface area contributed by atoms with E-state index in [-0.39, 0.29) is 5.78 Å². The van der Waals surface area contributed by atoms with Crippen LogP contribution < -0.4 is 4.74 Å². The molecule has 0 bridgehead atoms. The van der Waals surface area contributed by atoms with Crippen molar-refractivity contribution in [1.82, 2.24) is 9.80 Å². The number of ketones is 1. The van der Waals surface area contributed by atoms with E-state index in [9.17, 15) is 4.79 Å². The van der Waals surface area contributed by atoms with Crippen molar-refractivity contribution in [2.75, 3.05) is 46.9 Å². The van der Waals surface area contributed by atoms with Crippen LogP contribution in [0.15, 0.2) is 30.3 Å². The van der Waals surface area contributed by atoms with Gasteiger partial charge in [0.05, 0.1) is 7.11 Å². The zero-order valence-electron chi connectivity index (χ0n) is 12.9. The first-order valence-electron chi connectivity index (χ1n) is 7.43. The Kier molecular flexibility index (Phi) is 5.96. The summed E-state index contributed by atoms with van der Waals surface area (Å²) in [7, 11) is 3.78. The van der Waals surface area contributed by atoms with Crippen LogP contribution in [0.2, 0.25) is 0 Å². The van der Waals surface area contributed by atoms with Crippen molar-refractivity contribution >= 4 is 11.9 Å². The van der Waals surface area contributed by atoms with E-state index in [4.69, 9.17) is 4.74 Å². The molecular weight excluding hydrogens is 264 g/mol. The van der Waals surface area contributed by atoms with Crippen LogP contribution in [0.5, 0.6) is 5.75 Å². The molecule has 1 aromatic rings. The zero-order valence-corrected chi connectivity index (χ0v) is 12.9. The summed E-state index contributed by atoms with van der Waals surface area (Å²) >= 11 is 0. The first kappa shape index (κ1) is 15.7. The molecule has 4 nitrogen and oxygen atoms in total.